The van der Waals surface area contributed by atoms with Gasteiger partial charge >= 0.3 is 0 Å². The van der Waals surface area contributed by atoms with E-state index in [4.69, 9.17) is 5.11 Å². The monoisotopic (exact) mass is 279 g/mol. The van der Waals surface area contributed by atoms with Gasteiger partial charge in [0.1, 0.15) is 5.82 Å². The minimum atomic E-state index is -0.262. The molecule has 1 aromatic carbocycles. The molecule has 0 radical (unpaired) electrons. The summed E-state index contributed by atoms with van der Waals surface area (Å²) in [4.78, 5) is 12.1. The van der Waals surface area contributed by atoms with Crippen LogP contribution < -0.4 is 5.32 Å². The first-order chi connectivity index (χ1) is 9.54. The van der Waals surface area contributed by atoms with Crippen LogP contribution in [0.15, 0.2) is 24.3 Å². The fourth-order valence-electron chi connectivity index (χ4n) is 2.79. The molecule has 0 unspecified atom stereocenters. The van der Waals surface area contributed by atoms with Gasteiger partial charge in [-0.2, -0.15) is 0 Å². The summed E-state index contributed by atoms with van der Waals surface area (Å²) in [6.45, 7) is 2.07. The molecule has 2 rings (SSSR count). The van der Waals surface area contributed by atoms with Crippen molar-refractivity contribution in [3.8, 4) is 0 Å². The number of aliphatic hydroxyl groups is 1. The second-order valence-corrected chi connectivity index (χ2v) is 5.81. The van der Waals surface area contributed by atoms with Crippen molar-refractivity contribution < 1.29 is 14.3 Å². The third kappa shape index (κ3) is 3.57. The summed E-state index contributed by atoms with van der Waals surface area (Å²) in [5.41, 5.74) is 0.778. The summed E-state index contributed by atoms with van der Waals surface area (Å²) in [5, 5.41) is 12.1. The molecule has 0 bridgehead atoms. The molecule has 1 fully saturated rings. The number of hydrogen-bond donors (Lipinski definition) is 2. The molecule has 2 N–H and O–H groups in total. The summed E-state index contributed by atoms with van der Waals surface area (Å²) in [6, 6.07) is 6.28. The van der Waals surface area contributed by atoms with Crippen molar-refractivity contribution in [3.63, 3.8) is 0 Å². The lowest BCUT2D eigenvalue weighted by Gasteiger charge is -2.42. The Hall–Kier alpha value is -1.42. The number of aliphatic hydroxyl groups excluding tert-OH is 1. The molecule has 1 amide bonds. The van der Waals surface area contributed by atoms with Crippen molar-refractivity contribution >= 4 is 5.91 Å². The second-order valence-electron chi connectivity index (χ2n) is 5.81. The van der Waals surface area contributed by atoms with Crippen LogP contribution in [0.2, 0.25) is 0 Å². The fraction of sp³-hybridized carbons (Fsp3) is 0.562. The number of halogens is 1. The largest absolute Gasteiger partial charge is 0.396 e. The maximum atomic E-state index is 12.9. The van der Waals surface area contributed by atoms with Crippen molar-refractivity contribution in [1.29, 1.82) is 0 Å². The Morgan fingerprint density at radius 2 is 2.05 bits per heavy atom. The van der Waals surface area contributed by atoms with Crippen LogP contribution in [-0.4, -0.2) is 23.2 Å². The van der Waals surface area contributed by atoms with E-state index in [1.54, 1.807) is 12.1 Å². The lowest BCUT2D eigenvalue weighted by molar-refractivity contribution is -0.124. The van der Waals surface area contributed by atoms with Gasteiger partial charge in [0, 0.05) is 18.6 Å². The number of carbonyl (C=O) groups excluding carboxylic acids is 1. The van der Waals surface area contributed by atoms with Crippen molar-refractivity contribution in [1.82, 2.24) is 5.32 Å². The van der Waals surface area contributed by atoms with Gasteiger partial charge in [0.25, 0.3) is 0 Å². The molecule has 0 heterocycles. The maximum absolute atomic E-state index is 12.9. The number of nitrogens with one attached hydrogen (secondary N) is 1. The third-order valence-electron chi connectivity index (χ3n) is 4.24. The van der Waals surface area contributed by atoms with Gasteiger partial charge in [0.15, 0.2) is 0 Å². The highest BCUT2D eigenvalue weighted by Crippen LogP contribution is 2.35. The van der Waals surface area contributed by atoms with Gasteiger partial charge in [-0.1, -0.05) is 19.1 Å². The number of benzene rings is 1. The predicted molar refractivity (Wildman–Crippen MR) is 75.9 cm³/mol. The van der Waals surface area contributed by atoms with E-state index in [1.165, 1.54) is 12.1 Å². The van der Waals surface area contributed by atoms with Crippen LogP contribution in [0.4, 0.5) is 4.39 Å². The predicted octanol–water partition coefficient (Wildman–Crippen LogP) is 2.74. The standard InChI is InChI=1S/C16H22FNO2/c1-12(13-3-5-14(17)6-4-13)11-15(20)18-16(9-10-19)7-2-8-16/h3-6,12,19H,2,7-11H2,1H3,(H,18,20)/t12-/m1/s1. The second kappa shape index (κ2) is 6.35. The van der Waals surface area contributed by atoms with Gasteiger partial charge in [-0.25, -0.2) is 4.39 Å². The summed E-state index contributed by atoms with van der Waals surface area (Å²) in [7, 11) is 0. The van der Waals surface area contributed by atoms with Crippen LogP contribution in [-0.2, 0) is 4.79 Å². The molecule has 0 aliphatic heterocycles. The molecule has 0 saturated heterocycles. The molecule has 4 heteroatoms. The molecule has 1 aromatic rings. The van der Waals surface area contributed by atoms with E-state index < -0.39 is 0 Å². The SMILES string of the molecule is C[C@H](CC(=O)NC1(CCO)CCC1)c1ccc(F)cc1. The Morgan fingerprint density at radius 3 is 2.55 bits per heavy atom. The minimum Gasteiger partial charge on any atom is -0.396 e. The highest BCUT2D eigenvalue weighted by Gasteiger charge is 2.37. The molecule has 3 nitrogen and oxygen atoms in total. The van der Waals surface area contributed by atoms with Crippen molar-refractivity contribution in [2.45, 2.75) is 50.5 Å². The molecule has 0 spiro atoms. The Kier molecular flexibility index (Phi) is 4.76. The quantitative estimate of drug-likeness (QED) is 0.841. The van der Waals surface area contributed by atoms with E-state index in [9.17, 15) is 9.18 Å². The normalized spacial score (nSPS) is 18.1. The maximum Gasteiger partial charge on any atom is 0.221 e. The Morgan fingerprint density at radius 1 is 1.40 bits per heavy atom. The number of hydrogen-bond acceptors (Lipinski definition) is 2. The van der Waals surface area contributed by atoms with Crippen LogP contribution in [0.5, 0.6) is 0 Å². The van der Waals surface area contributed by atoms with Crippen LogP contribution in [0, 0.1) is 5.82 Å². The summed E-state index contributed by atoms with van der Waals surface area (Å²) in [6.07, 6.45) is 4.02. The zero-order chi connectivity index (χ0) is 14.6. The minimum absolute atomic E-state index is 0.00924. The fourth-order valence-corrected chi connectivity index (χ4v) is 2.79. The van der Waals surface area contributed by atoms with E-state index in [1.807, 2.05) is 6.92 Å². The van der Waals surface area contributed by atoms with Gasteiger partial charge in [-0.3, -0.25) is 4.79 Å². The Bertz CT molecular complexity index is 454. The first kappa shape index (κ1) is 15.0. The molecule has 1 atom stereocenters. The van der Waals surface area contributed by atoms with Crippen LogP contribution in [0.1, 0.15) is 50.5 Å². The topological polar surface area (TPSA) is 49.3 Å². The first-order valence-corrected chi connectivity index (χ1v) is 7.22. The molecule has 1 aliphatic rings. The van der Waals surface area contributed by atoms with E-state index in [-0.39, 0.29) is 29.8 Å². The zero-order valence-corrected chi connectivity index (χ0v) is 11.9. The molecular weight excluding hydrogens is 257 g/mol. The number of carbonyl (C=O) groups is 1. The summed E-state index contributed by atoms with van der Waals surface area (Å²) < 4.78 is 12.9. The molecule has 20 heavy (non-hydrogen) atoms. The van der Waals surface area contributed by atoms with Crippen molar-refractivity contribution in [2.75, 3.05) is 6.61 Å². The number of amides is 1. The van der Waals surface area contributed by atoms with Crippen LogP contribution in [0.25, 0.3) is 0 Å². The molecule has 0 aromatic heterocycles. The Labute approximate surface area is 119 Å². The zero-order valence-electron chi connectivity index (χ0n) is 11.9. The third-order valence-corrected chi connectivity index (χ3v) is 4.24. The summed E-state index contributed by atoms with van der Waals surface area (Å²) in [5.74, 6) is -0.196. The summed E-state index contributed by atoms with van der Waals surface area (Å²) >= 11 is 0. The van der Waals surface area contributed by atoms with Gasteiger partial charge < -0.3 is 10.4 Å². The highest BCUT2D eigenvalue weighted by molar-refractivity contribution is 5.77. The number of rotatable bonds is 6. The van der Waals surface area contributed by atoms with Gasteiger partial charge in [-0.15, -0.1) is 0 Å². The molecular formula is C16H22FNO2. The van der Waals surface area contributed by atoms with E-state index in [2.05, 4.69) is 5.32 Å². The van der Waals surface area contributed by atoms with Crippen LogP contribution in [0.3, 0.4) is 0 Å². The first-order valence-electron chi connectivity index (χ1n) is 7.22. The average Bonchev–Trinajstić information content (AvgIpc) is 2.37. The van der Waals surface area contributed by atoms with E-state index in [0.29, 0.717) is 12.8 Å². The highest BCUT2D eigenvalue weighted by atomic mass is 19.1. The molecule has 1 saturated carbocycles. The molecule has 110 valence electrons. The van der Waals surface area contributed by atoms with Crippen LogP contribution >= 0.6 is 0 Å². The van der Waals surface area contributed by atoms with Crippen molar-refractivity contribution in [3.05, 3.63) is 35.6 Å². The van der Waals surface area contributed by atoms with Gasteiger partial charge in [0.2, 0.25) is 5.91 Å². The van der Waals surface area contributed by atoms with E-state index in [0.717, 1.165) is 24.8 Å². The Balaban J connectivity index is 1.89. The van der Waals surface area contributed by atoms with Crippen molar-refractivity contribution in [2.24, 2.45) is 0 Å². The van der Waals surface area contributed by atoms with E-state index >= 15 is 0 Å². The van der Waals surface area contributed by atoms with Gasteiger partial charge in [-0.05, 0) is 49.3 Å². The smallest absolute Gasteiger partial charge is 0.221 e. The lowest BCUT2D eigenvalue weighted by Crippen LogP contribution is -2.54. The average molecular weight is 279 g/mol. The lowest BCUT2D eigenvalue weighted by atomic mass is 9.74. The molecule has 1 aliphatic carbocycles. The van der Waals surface area contributed by atoms with Gasteiger partial charge in [0.05, 0.1) is 0 Å².